The van der Waals surface area contributed by atoms with Crippen LogP contribution < -0.4 is 16.0 Å². The van der Waals surface area contributed by atoms with Gasteiger partial charge in [-0.1, -0.05) is 30.3 Å². The van der Waals surface area contributed by atoms with Crippen LogP contribution >= 0.6 is 0 Å². The van der Waals surface area contributed by atoms with E-state index in [-0.39, 0.29) is 6.03 Å². The monoisotopic (exact) mass is 271 g/mol. The fraction of sp³-hybridized carbons (Fsp3) is 0.286. The fourth-order valence-electron chi connectivity index (χ4n) is 2.09. The van der Waals surface area contributed by atoms with Crippen molar-refractivity contribution < 1.29 is 4.79 Å². The molecule has 3 N–H and O–H groups in total. The Balaban J connectivity index is 1.55. The van der Waals surface area contributed by atoms with Crippen LogP contribution in [0, 0.1) is 0 Å². The zero-order valence-corrected chi connectivity index (χ0v) is 11.0. The number of urea groups is 1. The van der Waals surface area contributed by atoms with Gasteiger partial charge >= 0.3 is 6.03 Å². The van der Waals surface area contributed by atoms with E-state index in [1.807, 2.05) is 35.0 Å². The summed E-state index contributed by atoms with van der Waals surface area (Å²) in [6.07, 6.45) is 1.70. The molecule has 6 nitrogen and oxygen atoms in total. The quantitative estimate of drug-likeness (QED) is 0.786. The van der Waals surface area contributed by atoms with E-state index in [0.717, 1.165) is 24.5 Å². The van der Waals surface area contributed by atoms with Gasteiger partial charge in [0.2, 0.25) is 0 Å². The summed E-state index contributed by atoms with van der Waals surface area (Å²) in [5.74, 6) is 0.724. The van der Waals surface area contributed by atoms with Gasteiger partial charge < -0.3 is 10.6 Å². The van der Waals surface area contributed by atoms with Crippen molar-refractivity contribution in [2.75, 3.05) is 18.4 Å². The molecule has 2 aromatic rings. The molecule has 6 heteroatoms. The number of amides is 2. The summed E-state index contributed by atoms with van der Waals surface area (Å²) >= 11 is 0. The van der Waals surface area contributed by atoms with E-state index in [1.54, 1.807) is 12.3 Å². The molecule has 0 saturated carbocycles. The second-order valence-electron chi connectivity index (χ2n) is 4.77. The van der Waals surface area contributed by atoms with Crippen molar-refractivity contribution >= 4 is 11.8 Å². The number of nitrogens with zero attached hydrogens (tertiary/aromatic N) is 2. The van der Waals surface area contributed by atoms with Crippen LogP contribution in [0.3, 0.4) is 0 Å². The molecule has 0 bridgehead atoms. The van der Waals surface area contributed by atoms with E-state index >= 15 is 0 Å². The predicted molar refractivity (Wildman–Crippen MR) is 76.4 cm³/mol. The fourth-order valence-corrected chi connectivity index (χ4v) is 2.09. The van der Waals surface area contributed by atoms with Crippen molar-refractivity contribution in [2.45, 2.75) is 12.6 Å². The first-order valence-electron chi connectivity index (χ1n) is 6.66. The number of hydrogen-bond donors (Lipinski definition) is 3. The molecule has 104 valence electrons. The van der Waals surface area contributed by atoms with Crippen LogP contribution in [-0.4, -0.2) is 28.9 Å². The van der Waals surface area contributed by atoms with Crippen molar-refractivity contribution in [3.8, 4) is 0 Å². The first-order valence-corrected chi connectivity index (χ1v) is 6.66. The van der Waals surface area contributed by atoms with Gasteiger partial charge in [0.05, 0.1) is 12.2 Å². The molecule has 1 aromatic heterocycles. The Hall–Kier alpha value is -2.34. The summed E-state index contributed by atoms with van der Waals surface area (Å²) in [6, 6.07) is 11.7. The zero-order chi connectivity index (χ0) is 13.8. The number of carbonyl (C=O) groups excluding carboxylic acids is 1. The van der Waals surface area contributed by atoms with Crippen LogP contribution in [0.1, 0.15) is 11.6 Å². The molecule has 1 fully saturated rings. The number of aromatic nitrogens is 2. The molecule has 0 spiro atoms. The van der Waals surface area contributed by atoms with Gasteiger partial charge in [0.25, 0.3) is 0 Å². The minimum absolute atomic E-state index is 0.220. The highest BCUT2D eigenvalue weighted by molar-refractivity contribution is 5.88. The zero-order valence-electron chi connectivity index (χ0n) is 11.0. The molecular weight excluding hydrogens is 254 g/mol. The van der Waals surface area contributed by atoms with E-state index in [2.05, 4.69) is 21.0 Å². The van der Waals surface area contributed by atoms with Crippen LogP contribution in [0.25, 0.3) is 0 Å². The SMILES string of the molecule is O=C(NCc1ccccc1)Nc1ccnn1C1CNC1. The van der Waals surface area contributed by atoms with Gasteiger partial charge in [0.1, 0.15) is 5.82 Å². The Bertz CT molecular complexity index is 576. The molecule has 1 saturated heterocycles. The van der Waals surface area contributed by atoms with E-state index in [4.69, 9.17) is 0 Å². The highest BCUT2D eigenvalue weighted by Gasteiger charge is 2.22. The van der Waals surface area contributed by atoms with Gasteiger partial charge in [-0.05, 0) is 5.56 Å². The Morgan fingerprint density at radius 3 is 2.80 bits per heavy atom. The lowest BCUT2D eigenvalue weighted by Crippen LogP contribution is -2.44. The van der Waals surface area contributed by atoms with Crippen LogP contribution in [0.15, 0.2) is 42.6 Å². The molecule has 0 unspecified atom stereocenters. The first kappa shape index (κ1) is 12.7. The average molecular weight is 271 g/mol. The van der Waals surface area contributed by atoms with E-state index in [1.165, 1.54) is 0 Å². The highest BCUT2D eigenvalue weighted by Crippen LogP contribution is 2.17. The first-order chi connectivity index (χ1) is 9.83. The number of carbonyl (C=O) groups is 1. The number of hydrogen-bond acceptors (Lipinski definition) is 3. The van der Waals surface area contributed by atoms with Crippen LogP contribution in [-0.2, 0) is 6.54 Å². The predicted octanol–water partition coefficient (Wildman–Crippen LogP) is 1.35. The summed E-state index contributed by atoms with van der Waals surface area (Å²) in [5, 5.41) is 13.1. The highest BCUT2D eigenvalue weighted by atomic mass is 16.2. The maximum absolute atomic E-state index is 11.9. The van der Waals surface area contributed by atoms with Crippen molar-refractivity contribution in [2.24, 2.45) is 0 Å². The summed E-state index contributed by atoms with van der Waals surface area (Å²) < 4.78 is 1.85. The topological polar surface area (TPSA) is 71.0 Å². The van der Waals surface area contributed by atoms with Gasteiger partial charge in [-0.25, -0.2) is 9.48 Å². The van der Waals surface area contributed by atoms with E-state index in [0.29, 0.717) is 12.6 Å². The Morgan fingerprint density at radius 2 is 2.10 bits per heavy atom. The Labute approximate surface area is 117 Å². The third kappa shape index (κ3) is 2.80. The van der Waals surface area contributed by atoms with Gasteiger partial charge in [0, 0.05) is 25.7 Å². The lowest BCUT2D eigenvalue weighted by Gasteiger charge is -2.28. The van der Waals surface area contributed by atoms with Gasteiger partial charge in [-0.15, -0.1) is 0 Å². The molecule has 3 rings (SSSR count). The van der Waals surface area contributed by atoms with E-state index < -0.39 is 0 Å². The van der Waals surface area contributed by atoms with Crippen LogP contribution in [0.2, 0.25) is 0 Å². The maximum Gasteiger partial charge on any atom is 0.320 e. The second-order valence-corrected chi connectivity index (χ2v) is 4.77. The number of benzene rings is 1. The molecule has 20 heavy (non-hydrogen) atoms. The van der Waals surface area contributed by atoms with Crippen molar-refractivity contribution in [1.82, 2.24) is 20.4 Å². The standard InChI is InChI=1S/C14H17N5O/c20-14(16-8-11-4-2-1-3-5-11)18-13-6-7-17-19(13)12-9-15-10-12/h1-7,12,15H,8-10H2,(H2,16,18,20). The third-order valence-corrected chi connectivity index (χ3v) is 3.31. The van der Waals surface area contributed by atoms with Crippen LogP contribution in [0.5, 0.6) is 0 Å². The summed E-state index contributed by atoms with van der Waals surface area (Å²) in [6.45, 7) is 2.29. The largest absolute Gasteiger partial charge is 0.334 e. The van der Waals surface area contributed by atoms with E-state index in [9.17, 15) is 4.79 Å². The molecule has 1 aliphatic rings. The Kier molecular flexibility index (Phi) is 3.64. The maximum atomic E-state index is 11.9. The number of rotatable bonds is 4. The lowest BCUT2D eigenvalue weighted by atomic mass is 10.2. The molecule has 1 aliphatic heterocycles. The lowest BCUT2D eigenvalue weighted by molar-refractivity contribution is 0.251. The normalized spacial score (nSPS) is 14.6. The summed E-state index contributed by atoms with van der Waals surface area (Å²) in [5.41, 5.74) is 1.07. The summed E-state index contributed by atoms with van der Waals surface area (Å²) in [4.78, 5) is 11.9. The molecule has 2 amide bonds. The van der Waals surface area contributed by atoms with Crippen LogP contribution in [0.4, 0.5) is 10.6 Å². The molecule has 0 atom stereocenters. The third-order valence-electron chi connectivity index (χ3n) is 3.31. The minimum Gasteiger partial charge on any atom is -0.334 e. The number of nitrogens with one attached hydrogen (secondary N) is 3. The van der Waals surface area contributed by atoms with Crippen molar-refractivity contribution in [1.29, 1.82) is 0 Å². The van der Waals surface area contributed by atoms with Gasteiger partial charge in [0.15, 0.2) is 0 Å². The van der Waals surface area contributed by atoms with Gasteiger partial charge in [-0.3, -0.25) is 5.32 Å². The number of anilines is 1. The molecule has 0 radical (unpaired) electrons. The summed E-state index contributed by atoms with van der Waals surface area (Å²) in [7, 11) is 0. The molecule has 0 aliphatic carbocycles. The molecule has 1 aromatic carbocycles. The smallest absolute Gasteiger partial charge is 0.320 e. The minimum atomic E-state index is -0.220. The van der Waals surface area contributed by atoms with Gasteiger partial charge in [-0.2, -0.15) is 5.10 Å². The second kappa shape index (κ2) is 5.75. The molecular formula is C14H17N5O. The average Bonchev–Trinajstić information content (AvgIpc) is 2.84. The molecule has 2 heterocycles. The van der Waals surface area contributed by atoms with Crippen molar-refractivity contribution in [3.63, 3.8) is 0 Å². The Morgan fingerprint density at radius 1 is 1.30 bits per heavy atom. The van der Waals surface area contributed by atoms with Crippen molar-refractivity contribution in [3.05, 3.63) is 48.2 Å².